The number of hydrogen-bond acceptors (Lipinski definition) is 4. The second-order valence-electron chi connectivity index (χ2n) is 6.58. The minimum absolute atomic E-state index is 0.143. The molecule has 0 saturated carbocycles. The van der Waals surface area contributed by atoms with E-state index in [0.29, 0.717) is 18.6 Å². The van der Waals surface area contributed by atoms with Crippen molar-refractivity contribution in [2.45, 2.75) is 26.3 Å². The smallest absolute Gasteiger partial charge is 0.250 e. The van der Waals surface area contributed by atoms with Crippen LogP contribution in [0.2, 0.25) is 0 Å². The molecular formula is C19H26FN3O2. The largest absolute Gasteiger partial charge is 0.500 e. The molecule has 0 spiro atoms. The van der Waals surface area contributed by atoms with Crippen LogP contribution in [0.15, 0.2) is 30.0 Å². The van der Waals surface area contributed by atoms with Gasteiger partial charge in [-0.15, -0.1) is 0 Å². The lowest BCUT2D eigenvalue weighted by Crippen LogP contribution is -2.46. The molecule has 3 rings (SSSR count). The Morgan fingerprint density at radius 1 is 1.32 bits per heavy atom. The van der Waals surface area contributed by atoms with Gasteiger partial charge in [0.1, 0.15) is 5.82 Å². The van der Waals surface area contributed by atoms with Crippen LogP contribution < -0.4 is 10.2 Å². The molecular weight excluding hydrogens is 321 g/mol. The van der Waals surface area contributed by atoms with Gasteiger partial charge in [-0.05, 0) is 31.7 Å². The summed E-state index contributed by atoms with van der Waals surface area (Å²) in [5.74, 6) is -0.425. The third-order valence-corrected chi connectivity index (χ3v) is 4.97. The number of amides is 1. The van der Waals surface area contributed by atoms with Gasteiger partial charge in [-0.2, -0.15) is 0 Å². The molecule has 0 aromatic heterocycles. The third kappa shape index (κ3) is 4.12. The highest BCUT2D eigenvalue weighted by molar-refractivity contribution is 5.93. The summed E-state index contributed by atoms with van der Waals surface area (Å²) in [5.41, 5.74) is 2.46. The first-order chi connectivity index (χ1) is 12.1. The van der Waals surface area contributed by atoms with Crippen molar-refractivity contribution < 1.29 is 13.9 Å². The number of nitrogens with zero attached hydrogens (tertiary/aromatic N) is 2. The fourth-order valence-corrected chi connectivity index (χ4v) is 3.39. The quantitative estimate of drug-likeness (QED) is 0.889. The Bertz CT molecular complexity index is 654. The van der Waals surface area contributed by atoms with E-state index in [1.54, 1.807) is 0 Å². The summed E-state index contributed by atoms with van der Waals surface area (Å²) in [7, 11) is 0. The lowest BCUT2D eigenvalue weighted by molar-refractivity contribution is -0.118. The number of likely N-dealkylation sites (N-methyl/N-ethyl adjacent to an activating group) is 1. The van der Waals surface area contributed by atoms with Crippen LogP contribution in [0, 0.1) is 5.82 Å². The number of hydrogen-bond donors (Lipinski definition) is 1. The molecule has 2 aliphatic heterocycles. The van der Waals surface area contributed by atoms with Crippen molar-refractivity contribution in [3.05, 3.63) is 41.4 Å². The number of halogens is 1. The number of benzene rings is 1. The standard InChI is InChI=1S/C19H26FN3O2/c1-3-22-7-9-23(10-8-22)18-5-4-16(20)12-17(18)14(2)21-19(24)15-6-11-25-13-15/h4-5,12-14H,3,6-11H2,1-2H3,(H,21,24)/t14-/m1/s1. The molecule has 2 heterocycles. The van der Waals surface area contributed by atoms with Crippen LogP contribution in [0.25, 0.3) is 0 Å². The average Bonchev–Trinajstić information content (AvgIpc) is 3.16. The molecule has 2 aliphatic rings. The zero-order valence-corrected chi connectivity index (χ0v) is 14.9. The van der Waals surface area contributed by atoms with Gasteiger partial charge in [0.2, 0.25) is 0 Å². The zero-order valence-electron chi connectivity index (χ0n) is 14.9. The summed E-state index contributed by atoms with van der Waals surface area (Å²) in [6, 6.07) is 4.58. The van der Waals surface area contributed by atoms with Gasteiger partial charge in [0.25, 0.3) is 5.91 Å². The molecule has 1 N–H and O–H groups in total. The highest BCUT2D eigenvalue weighted by Crippen LogP contribution is 2.29. The molecule has 1 atom stereocenters. The second kappa shape index (κ2) is 7.87. The SMILES string of the molecule is CCN1CCN(c2ccc(F)cc2[C@@H](C)NC(=O)C2=COCC2)CC1. The van der Waals surface area contributed by atoms with Crippen LogP contribution in [0.5, 0.6) is 0 Å². The van der Waals surface area contributed by atoms with Crippen molar-refractivity contribution in [1.82, 2.24) is 10.2 Å². The lowest BCUT2D eigenvalue weighted by atomic mass is 10.0. The van der Waals surface area contributed by atoms with Gasteiger partial charge in [-0.1, -0.05) is 6.92 Å². The fraction of sp³-hybridized carbons (Fsp3) is 0.526. The van der Waals surface area contributed by atoms with Gasteiger partial charge in [0, 0.05) is 43.9 Å². The van der Waals surface area contributed by atoms with E-state index in [1.807, 2.05) is 13.0 Å². The van der Waals surface area contributed by atoms with Gasteiger partial charge in [0.05, 0.1) is 24.5 Å². The van der Waals surface area contributed by atoms with E-state index in [-0.39, 0.29) is 17.8 Å². The van der Waals surface area contributed by atoms with Crippen molar-refractivity contribution in [3.8, 4) is 0 Å². The van der Waals surface area contributed by atoms with Crippen LogP contribution >= 0.6 is 0 Å². The molecule has 1 saturated heterocycles. The highest BCUT2D eigenvalue weighted by atomic mass is 19.1. The minimum atomic E-state index is -0.282. The molecule has 0 bridgehead atoms. The average molecular weight is 347 g/mol. The summed E-state index contributed by atoms with van der Waals surface area (Å²) in [6.07, 6.45) is 2.13. The maximum absolute atomic E-state index is 13.9. The maximum Gasteiger partial charge on any atom is 0.250 e. The zero-order chi connectivity index (χ0) is 17.8. The van der Waals surface area contributed by atoms with E-state index in [1.165, 1.54) is 18.4 Å². The van der Waals surface area contributed by atoms with E-state index >= 15 is 0 Å². The molecule has 6 heteroatoms. The van der Waals surface area contributed by atoms with Crippen molar-refractivity contribution in [2.24, 2.45) is 0 Å². The maximum atomic E-state index is 13.9. The molecule has 1 aromatic carbocycles. The number of carbonyl (C=O) groups excluding carboxylic acids is 1. The molecule has 136 valence electrons. The Balaban J connectivity index is 1.75. The van der Waals surface area contributed by atoms with Crippen molar-refractivity contribution >= 4 is 11.6 Å². The lowest BCUT2D eigenvalue weighted by Gasteiger charge is -2.37. The van der Waals surface area contributed by atoms with E-state index in [2.05, 4.69) is 22.0 Å². The molecule has 0 radical (unpaired) electrons. The normalized spacial score (nSPS) is 19.3. The van der Waals surface area contributed by atoms with Gasteiger partial charge in [-0.25, -0.2) is 4.39 Å². The molecule has 1 amide bonds. The third-order valence-electron chi connectivity index (χ3n) is 4.97. The van der Waals surface area contributed by atoms with Crippen molar-refractivity contribution in [3.63, 3.8) is 0 Å². The number of piperazine rings is 1. The first-order valence-electron chi connectivity index (χ1n) is 8.96. The monoisotopic (exact) mass is 347 g/mol. The van der Waals surface area contributed by atoms with E-state index in [4.69, 9.17) is 4.74 Å². The predicted octanol–water partition coefficient (Wildman–Crippen LogP) is 2.45. The summed E-state index contributed by atoms with van der Waals surface area (Å²) < 4.78 is 19.0. The van der Waals surface area contributed by atoms with Crippen LogP contribution in [-0.4, -0.2) is 50.1 Å². The van der Waals surface area contributed by atoms with Crippen molar-refractivity contribution in [2.75, 3.05) is 44.2 Å². The van der Waals surface area contributed by atoms with Crippen LogP contribution in [0.1, 0.15) is 31.9 Å². The fourth-order valence-electron chi connectivity index (χ4n) is 3.39. The Morgan fingerprint density at radius 3 is 2.72 bits per heavy atom. The topological polar surface area (TPSA) is 44.8 Å². The van der Waals surface area contributed by atoms with E-state index in [0.717, 1.165) is 44.0 Å². The minimum Gasteiger partial charge on any atom is -0.500 e. The van der Waals surface area contributed by atoms with Crippen LogP contribution in [-0.2, 0) is 9.53 Å². The molecule has 0 aliphatic carbocycles. The predicted molar refractivity (Wildman–Crippen MR) is 95.9 cm³/mol. The first kappa shape index (κ1) is 17.7. The molecule has 5 nitrogen and oxygen atoms in total. The Labute approximate surface area is 148 Å². The number of nitrogens with one attached hydrogen (secondary N) is 1. The number of carbonyl (C=O) groups is 1. The molecule has 25 heavy (non-hydrogen) atoms. The number of rotatable bonds is 5. The molecule has 0 unspecified atom stereocenters. The summed E-state index contributed by atoms with van der Waals surface area (Å²) in [4.78, 5) is 17.0. The van der Waals surface area contributed by atoms with Gasteiger partial charge >= 0.3 is 0 Å². The van der Waals surface area contributed by atoms with Gasteiger partial charge in [-0.3, -0.25) is 4.79 Å². The molecule has 1 fully saturated rings. The first-order valence-corrected chi connectivity index (χ1v) is 8.96. The highest BCUT2D eigenvalue weighted by Gasteiger charge is 2.23. The summed E-state index contributed by atoms with van der Waals surface area (Å²) >= 11 is 0. The van der Waals surface area contributed by atoms with Crippen LogP contribution in [0.3, 0.4) is 0 Å². The van der Waals surface area contributed by atoms with Gasteiger partial charge in [0.15, 0.2) is 0 Å². The van der Waals surface area contributed by atoms with E-state index < -0.39 is 0 Å². The Kier molecular flexibility index (Phi) is 5.58. The summed E-state index contributed by atoms with van der Waals surface area (Å²) in [6.45, 7) is 9.47. The second-order valence-corrected chi connectivity index (χ2v) is 6.58. The van der Waals surface area contributed by atoms with Crippen molar-refractivity contribution in [1.29, 1.82) is 0 Å². The Morgan fingerprint density at radius 2 is 2.08 bits per heavy atom. The van der Waals surface area contributed by atoms with Gasteiger partial charge < -0.3 is 19.9 Å². The Hall–Kier alpha value is -2.08. The molecule has 1 aromatic rings. The van der Waals surface area contributed by atoms with E-state index in [9.17, 15) is 9.18 Å². The summed E-state index contributed by atoms with van der Waals surface area (Å²) in [5, 5.41) is 2.97. The number of anilines is 1. The van der Waals surface area contributed by atoms with Crippen LogP contribution in [0.4, 0.5) is 10.1 Å². The number of ether oxygens (including phenoxy) is 1.